The van der Waals surface area contributed by atoms with E-state index in [1.54, 1.807) is 12.1 Å². The van der Waals surface area contributed by atoms with E-state index in [-0.39, 0.29) is 4.90 Å². The molecule has 6 heteroatoms. The lowest BCUT2D eigenvalue weighted by atomic mass is 10.1. The fourth-order valence-corrected chi connectivity index (χ4v) is 3.03. The van der Waals surface area contributed by atoms with Gasteiger partial charge in [-0.3, -0.25) is 0 Å². The van der Waals surface area contributed by atoms with Crippen LogP contribution in [0.5, 0.6) is 5.75 Å². The average molecular weight is 356 g/mol. The van der Waals surface area contributed by atoms with Gasteiger partial charge in [-0.2, -0.15) is 0 Å². The predicted molar refractivity (Wildman–Crippen MR) is 76.7 cm³/mol. The van der Waals surface area contributed by atoms with Crippen molar-refractivity contribution in [2.45, 2.75) is 31.6 Å². The van der Waals surface area contributed by atoms with Crippen LogP contribution in [0.25, 0.3) is 0 Å². The molecule has 0 fully saturated rings. The van der Waals surface area contributed by atoms with Crippen LogP contribution < -0.4 is 4.74 Å². The van der Waals surface area contributed by atoms with E-state index in [4.69, 9.17) is 15.4 Å². The molecule has 18 heavy (non-hydrogen) atoms. The normalized spacial score (nSPS) is 11.8. The molecule has 0 saturated carbocycles. The van der Waals surface area contributed by atoms with Crippen molar-refractivity contribution >= 4 is 35.7 Å². The minimum Gasteiger partial charge on any atom is -0.492 e. The first kappa shape index (κ1) is 15.8. The van der Waals surface area contributed by atoms with Crippen molar-refractivity contribution in [1.82, 2.24) is 0 Å². The second kappa shape index (κ2) is 6.78. The summed E-state index contributed by atoms with van der Waals surface area (Å²) >= 11 is 3.22. The van der Waals surface area contributed by atoms with Gasteiger partial charge in [0, 0.05) is 15.2 Å². The summed E-state index contributed by atoms with van der Waals surface area (Å²) in [4.78, 5) is 0.00416. The minimum atomic E-state index is -3.80. The van der Waals surface area contributed by atoms with Gasteiger partial charge in [-0.15, -0.1) is 0 Å². The van der Waals surface area contributed by atoms with Crippen molar-refractivity contribution in [3.8, 4) is 5.75 Å². The van der Waals surface area contributed by atoms with Crippen molar-refractivity contribution in [2.75, 3.05) is 6.61 Å². The third kappa shape index (κ3) is 4.44. The highest BCUT2D eigenvalue weighted by molar-refractivity contribution is 9.10. The quantitative estimate of drug-likeness (QED) is 0.719. The molecule has 0 unspecified atom stereocenters. The van der Waals surface area contributed by atoms with Gasteiger partial charge in [0.25, 0.3) is 9.05 Å². The van der Waals surface area contributed by atoms with E-state index in [1.165, 1.54) is 6.07 Å². The van der Waals surface area contributed by atoms with E-state index in [9.17, 15) is 8.42 Å². The molecule has 0 N–H and O–H groups in total. The van der Waals surface area contributed by atoms with Gasteiger partial charge in [-0.05, 0) is 24.1 Å². The third-order valence-electron chi connectivity index (χ3n) is 2.80. The Morgan fingerprint density at radius 1 is 1.33 bits per heavy atom. The van der Waals surface area contributed by atoms with Crippen molar-refractivity contribution in [3.63, 3.8) is 0 Å². The molecular formula is C12H16BrClO3S. The van der Waals surface area contributed by atoms with Crippen LogP contribution >= 0.6 is 26.6 Å². The molecule has 0 amide bonds. The maximum atomic E-state index is 11.5. The first-order valence-corrected chi connectivity index (χ1v) is 8.85. The monoisotopic (exact) mass is 354 g/mol. The number of hydrogen-bond acceptors (Lipinski definition) is 3. The molecule has 1 rings (SSSR count). The number of rotatable bonds is 6. The molecule has 0 radical (unpaired) electrons. The van der Waals surface area contributed by atoms with E-state index in [2.05, 4.69) is 29.8 Å². The van der Waals surface area contributed by atoms with Gasteiger partial charge in [-0.1, -0.05) is 42.6 Å². The smallest absolute Gasteiger partial charge is 0.265 e. The lowest BCUT2D eigenvalue weighted by Crippen LogP contribution is -2.11. The Bertz CT molecular complexity index is 498. The van der Waals surface area contributed by atoms with Gasteiger partial charge in [0.2, 0.25) is 0 Å². The molecule has 0 spiro atoms. The first-order chi connectivity index (χ1) is 8.38. The van der Waals surface area contributed by atoms with Crippen molar-refractivity contribution in [2.24, 2.45) is 5.92 Å². The molecule has 1 aromatic carbocycles. The number of halogens is 2. The van der Waals surface area contributed by atoms with E-state index in [0.717, 1.165) is 12.8 Å². The third-order valence-corrected chi connectivity index (χ3v) is 4.63. The van der Waals surface area contributed by atoms with Gasteiger partial charge in [0.05, 0.1) is 6.61 Å². The summed E-state index contributed by atoms with van der Waals surface area (Å²) in [6, 6.07) is 4.79. The van der Waals surface area contributed by atoms with Crippen LogP contribution in [0.4, 0.5) is 0 Å². The van der Waals surface area contributed by atoms with Gasteiger partial charge in [0.1, 0.15) is 10.6 Å². The summed E-state index contributed by atoms with van der Waals surface area (Å²) in [7, 11) is 1.59. The molecule has 0 aliphatic carbocycles. The van der Waals surface area contributed by atoms with Crippen LogP contribution in [0.1, 0.15) is 26.7 Å². The fraction of sp³-hybridized carbons (Fsp3) is 0.500. The maximum Gasteiger partial charge on any atom is 0.265 e. The second-order valence-corrected chi connectivity index (χ2v) is 7.47. The van der Waals surface area contributed by atoms with Crippen LogP contribution in [-0.2, 0) is 9.05 Å². The Kier molecular flexibility index (Phi) is 5.95. The van der Waals surface area contributed by atoms with E-state index >= 15 is 0 Å². The minimum absolute atomic E-state index is 0.00416. The molecule has 0 atom stereocenters. The lowest BCUT2D eigenvalue weighted by Gasteiger charge is -2.15. The molecule has 0 aliphatic heterocycles. The molecule has 0 aromatic heterocycles. The molecule has 102 valence electrons. The number of ether oxygens (including phenoxy) is 1. The molecule has 0 saturated heterocycles. The zero-order chi connectivity index (χ0) is 13.8. The highest BCUT2D eigenvalue weighted by Gasteiger charge is 2.18. The van der Waals surface area contributed by atoms with Gasteiger partial charge >= 0.3 is 0 Å². The first-order valence-electron chi connectivity index (χ1n) is 5.75. The standard InChI is InChI=1S/C12H16BrClO3S/c1-3-9(4-2)8-17-11-6-5-10(13)7-12(11)18(14,15)16/h5-7,9H,3-4,8H2,1-2H3. The zero-order valence-electron chi connectivity index (χ0n) is 10.3. The number of benzene rings is 1. The molecule has 0 aliphatic rings. The summed E-state index contributed by atoms with van der Waals surface area (Å²) < 4.78 is 29.1. The van der Waals surface area contributed by atoms with E-state index in [0.29, 0.717) is 22.7 Å². The highest BCUT2D eigenvalue weighted by atomic mass is 79.9. The Labute approximate surface area is 121 Å². The topological polar surface area (TPSA) is 43.4 Å². The second-order valence-electron chi connectivity index (χ2n) is 4.02. The summed E-state index contributed by atoms with van der Waals surface area (Å²) in [5.41, 5.74) is 0. The molecule has 0 heterocycles. The molecule has 0 bridgehead atoms. The Balaban J connectivity index is 2.96. The van der Waals surface area contributed by atoms with Gasteiger partial charge < -0.3 is 4.74 Å². The summed E-state index contributed by atoms with van der Waals surface area (Å²) in [5.74, 6) is 0.722. The Morgan fingerprint density at radius 2 is 1.94 bits per heavy atom. The summed E-state index contributed by atoms with van der Waals surface area (Å²) in [6.07, 6.45) is 1.99. The molecular weight excluding hydrogens is 340 g/mol. The Morgan fingerprint density at radius 3 is 2.44 bits per heavy atom. The van der Waals surface area contributed by atoms with Gasteiger partial charge in [0.15, 0.2) is 0 Å². The molecule has 1 aromatic rings. The Hall–Kier alpha value is -0.260. The predicted octanol–water partition coefficient (Wildman–Crippen LogP) is 4.19. The maximum absolute atomic E-state index is 11.5. The van der Waals surface area contributed by atoms with Crippen LogP contribution in [-0.4, -0.2) is 15.0 Å². The van der Waals surface area contributed by atoms with Crippen LogP contribution in [0.3, 0.4) is 0 Å². The van der Waals surface area contributed by atoms with Crippen molar-refractivity contribution < 1.29 is 13.2 Å². The van der Waals surface area contributed by atoms with Crippen molar-refractivity contribution in [3.05, 3.63) is 22.7 Å². The van der Waals surface area contributed by atoms with Crippen LogP contribution in [0, 0.1) is 5.92 Å². The van der Waals surface area contributed by atoms with Crippen LogP contribution in [0.2, 0.25) is 0 Å². The van der Waals surface area contributed by atoms with E-state index < -0.39 is 9.05 Å². The summed E-state index contributed by atoms with van der Waals surface area (Å²) in [5, 5.41) is 0. The van der Waals surface area contributed by atoms with Crippen molar-refractivity contribution in [1.29, 1.82) is 0 Å². The van der Waals surface area contributed by atoms with Gasteiger partial charge in [-0.25, -0.2) is 8.42 Å². The fourth-order valence-electron chi connectivity index (χ4n) is 1.52. The largest absolute Gasteiger partial charge is 0.492 e. The lowest BCUT2D eigenvalue weighted by molar-refractivity contribution is 0.235. The highest BCUT2D eigenvalue weighted by Crippen LogP contribution is 2.30. The number of hydrogen-bond donors (Lipinski definition) is 0. The average Bonchev–Trinajstić information content (AvgIpc) is 2.30. The SMILES string of the molecule is CCC(CC)COc1ccc(Br)cc1S(=O)(=O)Cl. The summed E-state index contributed by atoms with van der Waals surface area (Å²) in [6.45, 7) is 4.66. The van der Waals surface area contributed by atoms with Crippen LogP contribution in [0.15, 0.2) is 27.6 Å². The molecule has 3 nitrogen and oxygen atoms in total. The zero-order valence-corrected chi connectivity index (χ0v) is 13.5. The van der Waals surface area contributed by atoms with E-state index in [1.807, 2.05) is 0 Å².